The second-order valence-corrected chi connectivity index (χ2v) is 6.93. The molecule has 3 aromatic carbocycles. The number of imidazole rings is 2. The van der Waals surface area contributed by atoms with Crippen LogP contribution in [0.15, 0.2) is 83.5 Å². The van der Waals surface area contributed by atoms with E-state index in [0.29, 0.717) is 0 Å². The van der Waals surface area contributed by atoms with Crippen LogP contribution in [0.5, 0.6) is 0 Å². The van der Waals surface area contributed by atoms with E-state index >= 15 is 0 Å². The Kier molecular flexibility index (Phi) is 3.06. The maximum absolute atomic E-state index is 5.72. The molecule has 0 saturated carbocycles. The third kappa shape index (κ3) is 1.97. The summed E-state index contributed by atoms with van der Waals surface area (Å²) in [5.41, 5.74) is 7.43. The molecule has 0 bridgehead atoms. The Morgan fingerprint density at radius 1 is 0.893 bits per heavy atom. The first-order valence-corrected chi connectivity index (χ1v) is 9.36. The van der Waals surface area contributed by atoms with Crippen LogP contribution in [-0.2, 0) is 0 Å². The second-order valence-electron chi connectivity index (χ2n) is 6.93. The minimum atomic E-state index is 0.887. The van der Waals surface area contributed by atoms with Gasteiger partial charge in [0.2, 0.25) is 5.78 Å². The highest BCUT2D eigenvalue weighted by Crippen LogP contribution is 2.31. The van der Waals surface area contributed by atoms with Crippen LogP contribution in [0.25, 0.3) is 50.6 Å². The van der Waals surface area contributed by atoms with Gasteiger partial charge in [-0.3, -0.25) is 8.97 Å². The van der Waals surface area contributed by atoms with Crippen molar-refractivity contribution in [3.05, 3.63) is 84.6 Å². The second kappa shape index (κ2) is 5.60. The van der Waals surface area contributed by atoms with Gasteiger partial charge in [0.05, 0.1) is 34.0 Å². The molecule has 4 nitrogen and oxygen atoms in total. The first-order valence-electron chi connectivity index (χ1n) is 9.36. The lowest BCUT2D eigenvalue weighted by molar-refractivity contribution is 0.615. The fraction of sp³-hybridized carbons (Fsp3) is 0.0417. The molecule has 0 unspecified atom stereocenters. The van der Waals surface area contributed by atoms with Gasteiger partial charge in [0.15, 0.2) is 0 Å². The molecule has 0 aliphatic carbocycles. The first kappa shape index (κ1) is 15.3. The van der Waals surface area contributed by atoms with Gasteiger partial charge in [0, 0.05) is 10.9 Å². The van der Waals surface area contributed by atoms with Gasteiger partial charge in [-0.15, -0.1) is 0 Å². The normalized spacial score (nSPS) is 12.3. The van der Waals surface area contributed by atoms with Crippen molar-refractivity contribution in [1.82, 2.24) is 14.0 Å². The van der Waals surface area contributed by atoms with Crippen LogP contribution in [0, 0.1) is 0 Å². The molecule has 0 fully saturated rings. The summed E-state index contributed by atoms with van der Waals surface area (Å²) >= 11 is 0. The number of rotatable bonds is 2. The van der Waals surface area contributed by atoms with Gasteiger partial charge >= 0.3 is 0 Å². The Labute approximate surface area is 160 Å². The van der Waals surface area contributed by atoms with Crippen molar-refractivity contribution in [3.8, 4) is 5.69 Å². The van der Waals surface area contributed by atoms with Crippen molar-refractivity contribution in [1.29, 1.82) is 0 Å². The highest BCUT2D eigenvalue weighted by molar-refractivity contribution is 5.94. The van der Waals surface area contributed by atoms with Crippen molar-refractivity contribution in [2.45, 2.75) is 6.92 Å². The minimum Gasteiger partial charge on any atom is -0.464 e. The third-order valence-corrected chi connectivity index (χ3v) is 5.30. The maximum Gasteiger partial charge on any atom is 0.220 e. The molecule has 3 aromatic heterocycles. The van der Waals surface area contributed by atoms with Crippen molar-refractivity contribution in [2.24, 2.45) is 0 Å². The summed E-state index contributed by atoms with van der Waals surface area (Å²) in [6.07, 6.45) is 5.91. The van der Waals surface area contributed by atoms with E-state index in [1.807, 2.05) is 31.4 Å². The molecule has 0 radical (unpaired) electrons. The van der Waals surface area contributed by atoms with Gasteiger partial charge in [-0.1, -0.05) is 36.4 Å². The van der Waals surface area contributed by atoms with Crippen LogP contribution < -0.4 is 0 Å². The van der Waals surface area contributed by atoms with Crippen molar-refractivity contribution in [3.63, 3.8) is 0 Å². The predicted octanol–water partition coefficient (Wildman–Crippen LogP) is 6.21. The quantitative estimate of drug-likeness (QED) is 0.366. The van der Waals surface area contributed by atoms with Crippen molar-refractivity contribution >= 4 is 44.9 Å². The summed E-state index contributed by atoms with van der Waals surface area (Å²) < 4.78 is 10.2. The molecule has 0 spiro atoms. The van der Waals surface area contributed by atoms with Crippen LogP contribution in [-0.4, -0.2) is 14.0 Å². The van der Waals surface area contributed by atoms with E-state index < -0.39 is 0 Å². The van der Waals surface area contributed by atoms with Gasteiger partial charge in [-0.05, 0) is 49.4 Å². The molecule has 134 valence electrons. The van der Waals surface area contributed by atoms with E-state index in [1.54, 1.807) is 0 Å². The zero-order valence-electron chi connectivity index (χ0n) is 15.3. The average Bonchev–Trinajstić information content (AvgIpc) is 3.39. The fourth-order valence-corrected chi connectivity index (χ4v) is 4.09. The Morgan fingerprint density at radius 3 is 2.54 bits per heavy atom. The standard InChI is InChI=1S/C24H17N3O/c1-2-7-16-15-28-23-13-12-17(14-18(16)23)26-21-10-5-6-11-22(21)27-20-9-4-3-8-19(20)25-24(26)27/h2-15H,1H3/b7-2-. The Morgan fingerprint density at radius 2 is 1.68 bits per heavy atom. The molecule has 6 rings (SSSR count). The summed E-state index contributed by atoms with van der Waals surface area (Å²) in [5, 5.41) is 1.10. The molecule has 0 atom stereocenters. The Bertz CT molecular complexity index is 1530. The zero-order chi connectivity index (χ0) is 18.7. The molecule has 28 heavy (non-hydrogen) atoms. The van der Waals surface area contributed by atoms with Gasteiger partial charge < -0.3 is 4.42 Å². The number of benzene rings is 3. The first-order chi connectivity index (χ1) is 13.8. The van der Waals surface area contributed by atoms with Crippen LogP contribution in [0.3, 0.4) is 0 Å². The number of hydrogen-bond acceptors (Lipinski definition) is 2. The largest absolute Gasteiger partial charge is 0.464 e. The lowest BCUT2D eigenvalue weighted by Crippen LogP contribution is -1.94. The Hall–Kier alpha value is -3.79. The summed E-state index contributed by atoms with van der Waals surface area (Å²) in [5.74, 6) is 0.915. The molecule has 3 heterocycles. The van der Waals surface area contributed by atoms with Gasteiger partial charge in [0.1, 0.15) is 5.58 Å². The topological polar surface area (TPSA) is 35.4 Å². The molecular weight excluding hydrogens is 346 g/mol. The summed E-state index contributed by atoms with van der Waals surface area (Å²) in [7, 11) is 0. The molecular formula is C24H17N3O. The highest BCUT2D eigenvalue weighted by Gasteiger charge is 2.17. The number of hydrogen-bond donors (Lipinski definition) is 0. The van der Waals surface area contributed by atoms with Crippen LogP contribution in [0.4, 0.5) is 0 Å². The summed E-state index contributed by atoms with van der Waals surface area (Å²) in [4.78, 5) is 4.94. The van der Waals surface area contributed by atoms with E-state index in [1.165, 1.54) is 0 Å². The highest BCUT2D eigenvalue weighted by atomic mass is 16.3. The van der Waals surface area contributed by atoms with Crippen LogP contribution >= 0.6 is 0 Å². The molecule has 0 amide bonds. The van der Waals surface area contributed by atoms with E-state index in [4.69, 9.17) is 9.40 Å². The maximum atomic E-state index is 5.72. The Balaban J connectivity index is 1.76. The zero-order valence-corrected chi connectivity index (χ0v) is 15.3. The number of fused-ring (bicyclic) bond motifs is 6. The van der Waals surface area contributed by atoms with E-state index in [9.17, 15) is 0 Å². The molecule has 0 N–H and O–H groups in total. The van der Waals surface area contributed by atoms with E-state index in [2.05, 4.69) is 69.6 Å². The summed E-state index contributed by atoms with van der Waals surface area (Å²) in [6, 6.07) is 23.0. The monoisotopic (exact) mass is 363 g/mol. The summed E-state index contributed by atoms with van der Waals surface area (Å²) in [6.45, 7) is 2.02. The lowest BCUT2D eigenvalue weighted by atomic mass is 10.1. The minimum absolute atomic E-state index is 0.887. The lowest BCUT2D eigenvalue weighted by Gasteiger charge is -2.05. The number of nitrogens with zero attached hydrogens (tertiary/aromatic N) is 3. The van der Waals surface area contributed by atoms with Crippen molar-refractivity contribution < 1.29 is 4.42 Å². The number of aromatic nitrogens is 3. The molecule has 6 aromatic rings. The van der Waals surface area contributed by atoms with Gasteiger partial charge in [-0.25, -0.2) is 4.98 Å². The van der Waals surface area contributed by atoms with Gasteiger partial charge in [0.25, 0.3) is 0 Å². The third-order valence-electron chi connectivity index (χ3n) is 5.30. The fourth-order valence-electron chi connectivity index (χ4n) is 4.09. The number of allylic oxidation sites excluding steroid dienone is 1. The van der Waals surface area contributed by atoms with Crippen molar-refractivity contribution in [2.75, 3.05) is 0 Å². The smallest absolute Gasteiger partial charge is 0.220 e. The van der Waals surface area contributed by atoms with Crippen LogP contribution in [0.2, 0.25) is 0 Å². The van der Waals surface area contributed by atoms with Gasteiger partial charge in [-0.2, -0.15) is 0 Å². The number of furan rings is 1. The van der Waals surface area contributed by atoms with E-state index in [-0.39, 0.29) is 0 Å². The molecule has 0 aliphatic rings. The molecule has 0 aliphatic heterocycles. The van der Waals surface area contributed by atoms with Crippen LogP contribution in [0.1, 0.15) is 12.5 Å². The van der Waals surface area contributed by atoms with E-state index in [0.717, 1.165) is 50.1 Å². The molecule has 0 saturated heterocycles. The average molecular weight is 363 g/mol. The SMILES string of the molecule is C/C=C\c1coc2ccc(-n3c4ccccc4n4c5ccccc5nc34)cc12. The molecule has 4 heteroatoms. The number of para-hydroxylation sites is 4. The predicted molar refractivity (Wildman–Crippen MR) is 114 cm³/mol.